The Morgan fingerprint density at radius 2 is 2.05 bits per heavy atom. The molecule has 1 aliphatic rings. The molecule has 21 heavy (non-hydrogen) atoms. The second-order valence-corrected chi connectivity index (χ2v) is 7.41. The van der Waals surface area contributed by atoms with Gasteiger partial charge in [-0.25, -0.2) is 0 Å². The highest BCUT2D eigenvalue weighted by Gasteiger charge is 2.36. The first-order chi connectivity index (χ1) is 9.61. The molecule has 2 amide bonds. The van der Waals surface area contributed by atoms with Gasteiger partial charge in [0.2, 0.25) is 11.8 Å². The van der Waals surface area contributed by atoms with Crippen LogP contribution in [0.25, 0.3) is 0 Å². The first kappa shape index (κ1) is 17.9. The van der Waals surface area contributed by atoms with Crippen molar-refractivity contribution in [1.82, 2.24) is 9.80 Å². The van der Waals surface area contributed by atoms with E-state index in [2.05, 4.69) is 20.8 Å². The summed E-state index contributed by atoms with van der Waals surface area (Å²) in [4.78, 5) is 27.9. The highest BCUT2D eigenvalue weighted by atomic mass is 32.1. The van der Waals surface area contributed by atoms with Gasteiger partial charge in [0.05, 0.1) is 4.99 Å². The molecule has 6 heteroatoms. The van der Waals surface area contributed by atoms with E-state index in [9.17, 15) is 9.59 Å². The summed E-state index contributed by atoms with van der Waals surface area (Å²) >= 11 is 4.80. The fraction of sp³-hybridized carbons (Fsp3) is 0.800. The molecule has 0 aromatic heterocycles. The molecular weight excluding hydrogens is 286 g/mol. The molecule has 0 aliphatic carbocycles. The SMILES string of the molecule is CN(CCC(N)=S)C(=O)CCN1CC(C(C)(C)C)CC1=O. The summed E-state index contributed by atoms with van der Waals surface area (Å²) < 4.78 is 0. The van der Waals surface area contributed by atoms with Crippen LogP contribution < -0.4 is 5.73 Å². The summed E-state index contributed by atoms with van der Waals surface area (Å²) in [6.45, 7) is 8.26. The lowest BCUT2D eigenvalue weighted by atomic mass is 9.80. The predicted octanol–water partition coefficient (Wildman–Crippen LogP) is 1.41. The molecule has 5 nitrogen and oxygen atoms in total. The number of nitrogens with two attached hydrogens (primary N) is 1. The zero-order chi connectivity index (χ0) is 16.2. The fourth-order valence-electron chi connectivity index (χ4n) is 2.39. The molecule has 1 aliphatic heterocycles. The van der Waals surface area contributed by atoms with Crippen molar-refractivity contribution in [3.63, 3.8) is 0 Å². The molecule has 1 unspecified atom stereocenters. The number of hydrogen-bond acceptors (Lipinski definition) is 3. The average molecular weight is 313 g/mol. The van der Waals surface area contributed by atoms with Crippen molar-refractivity contribution in [3.05, 3.63) is 0 Å². The topological polar surface area (TPSA) is 66.6 Å². The number of rotatable bonds is 6. The van der Waals surface area contributed by atoms with Crippen LogP contribution in [-0.2, 0) is 9.59 Å². The maximum atomic E-state index is 12.0. The highest BCUT2D eigenvalue weighted by molar-refractivity contribution is 7.80. The van der Waals surface area contributed by atoms with Gasteiger partial charge in [0.15, 0.2) is 0 Å². The van der Waals surface area contributed by atoms with Crippen molar-refractivity contribution < 1.29 is 9.59 Å². The van der Waals surface area contributed by atoms with Crippen LogP contribution in [0.4, 0.5) is 0 Å². The number of likely N-dealkylation sites (tertiary alicyclic amines) is 1. The van der Waals surface area contributed by atoms with Gasteiger partial charge in [0.1, 0.15) is 0 Å². The third kappa shape index (κ3) is 5.61. The van der Waals surface area contributed by atoms with Gasteiger partial charge < -0.3 is 15.5 Å². The van der Waals surface area contributed by atoms with Crippen molar-refractivity contribution >= 4 is 29.0 Å². The lowest BCUT2D eigenvalue weighted by molar-refractivity contribution is -0.131. The zero-order valence-electron chi connectivity index (χ0n) is 13.5. The smallest absolute Gasteiger partial charge is 0.224 e. The molecule has 1 saturated heterocycles. The summed E-state index contributed by atoms with van der Waals surface area (Å²) in [5, 5.41) is 0. The Morgan fingerprint density at radius 3 is 2.52 bits per heavy atom. The molecule has 0 saturated carbocycles. The summed E-state index contributed by atoms with van der Waals surface area (Å²) in [5.74, 6) is 0.555. The van der Waals surface area contributed by atoms with E-state index < -0.39 is 0 Å². The Labute approximate surface area is 132 Å². The Bertz CT molecular complexity index is 418. The van der Waals surface area contributed by atoms with Crippen LogP contribution in [0.15, 0.2) is 0 Å². The van der Waals surface area contributed by atoms with Gasteiger partial charge >= 0.3 is 0 Å². The Balaban J connectivity index is 2.40. The molecule has 0 aromatic carbocycles. The second kappa shape index (κ2) is 7.20. The van der Waals surface area contributed by atoms with Gasteiger partial charge in [0, 0.05) is 45.9 Å². The molecule has 120 valence electrons. The van der Waals surface area contributed by atoms with E-state index in [1.807, 2.05) is 4.90 Å². The zero-order valence-corrected chi connectivity index (χ0v) is 14.3. The van der Waals surface area contributed by atoms with E-state index in [-0.39, 0.29) is 17.2 Å². The van der Waals surface area contributed by atoms with Gasteiger partial charge in [-0.15, -0.1) is 0 Å². The quantitative estimate of drug-likeness (QED) is 0.753. The third-order valence-corrected chi connectivity index (χ3v) is 4.36. The lowest BCUT2D eigenvalue weighted by Gasteiger charge is -2.26. The number of carbonyl (C=O) groups is 2. The van der Waals surface area contributed by atoms with Crippen LogP contribution in [0.1, 0.15) is 40.0 Å². The van der Waals surface area contributed by atoms with E-state index in [1.165, 1.54) is 0 Å². The Kier molecular flexibility index (Phi) is 6.13. The Hall–Kier alpha value is -1.17. The van der Waals surface area contributed by atoms with E-state index in [0.29, 0.717) is 43.3 Å². The molecular formula is C15H27N3O2S. The van der Waals surface area contributed by atoms with Crippen molar-refractivity contribution in [3.8, 4) is 0 Å². The molecule has 0 radical (unpaired) electrons. The molecule has 1 atom stereocenters. The molecule has 0 spiro atoms. The third-order valence-electron chi connectivity index (χ3n) is 4.15. The predicted molar refractivity (Wildman–Crippen MR) is 87.8 cm³/mol. The van der Waals surface area contributed by atoms with E-state index in [0.717, 1.165) is 6.54 Å². The van der Waals surface area contributed by atoms with Crippen LogP contribution in [-0.4, -0.2) is 53.3 Å². The minimum Gasteiger partial charge on any atom is -0.393 e. The first-order valence-corrected chi connectivity index (χ1v) is 7.82. The van der Waals surface area contributed by atoms with Crippen molar-refractivity contribution in [1.29, 1.82) is 0 Å². The van der Waals surface area contributed by atoms with Crippen molar-refractivity contribution in [2.45, 2.75) is 40.0 Å². The number of amides is 2. The Morgan fingerprint density at radius 1 is 1.43 bits per heavy atom. The molecule has 1 rings (SSSR count). The lowest BCUT2D eigenvalue weighted by Crippen LogP contribution is -2.35. The standard InChI is InChI=1S/C15H27N3O2S/c1-15(2,3)11-9-14(20)18(10-11)8-6-13(19)17(4)7-5-12(16)21/h11H,5-10H2,1-4H3,(H2,16,21). The van der Waals surface area contributed by atoms with Crippen LogP contribution in [0, 0.1) is 11.3 Å². The maximum Gasteiger partial charge on any atom is 0.224 e. The largest absolute Gasteiger partial charge is 0.393 e. The van der Waals surface area contributed by atoms with Gasteiger partial charge in [0.25, 0.3) is 0 Å². The minimum absolute atomic E-state index is 0.0262. The van der Waals surface area contributed by atoms with Crippen LogP contribution in [0.3, 0.4) is 0 Å². The summed E-state index contributed by atoms with van der Waals surface area (Å²) in [6.07, 6.45) is 1.48. The number of thiocarbonyl (C=S) groups is 1. The van der Waals surface area contributed by atoms with Gasteiger partial charge in [-0.3, -0.25) is 9.59 Å². The van der Waals surface area contributed by atoms with E-state index in [1.54, 1.807) is 11.9 Å². The summed E-state index contributed by atoms with van der Waals surface area (Å²) in [7, 11) is 1.74. The first-order valence-electron chi connectivity index (χ1n) is 7.41. The fourth-order valence-corrected chi connectivity index (χ4v) is 2.48. The molecule has 1 fully saturated rings. The molecule has 0 aromatic rings. The van der Waals surface area contributed by atoms with Crippen LogP contribution >= 0.6 is 12.2 Å². The minimum atomic E-state index is 0.0262. The van der Waals surface area contributed by atoms with Gasteiger partial charge in [-0.1, -0.05) is 33.0 Å². The number of hydrogen-bond donors (Lipinski definition) is 1. The highest BCUT2D eigenvalue weighted by Crippen LogP contribution is 2.34. The van der Waals surface area contributed by atoms with Gasteiger partial charge in [-0.2, -0.15) is 0 Å². The normalized spacial score (nSPS) is 19.0. The monoisotopic (exact) mass is 313 g/mol. The summed E-state index contributed by atoms with van der Waals surface area (Å²) in [5.41, 5.74) is 5.56. The molecule has 0 bridgehead atoms. The maximum absolute atomic E-state index is 12.0. The van der Waals surface area contributed by atoms with E-state index >= 15 is 0 Å². The summed E-state index contributed by atoms with van der Waals surface area (Å²) in [6, 6.07) is 0. The van der Waals surface area contributed by atoms with Gasteiger partial charge in [-0.05, 0) is 11.3 Å². The van der Waals surface area contributed by atoms with Crippen LogP contribution in [0.2, 0.25) is 0 Å². The average Bonchev–Trinajstić information content (AvgIpc) is 2.74. The van der Waals surface area contributed by atoms with Crippen LogP contribution in [0.5, 0.6) is 0 Å². The number of nitrogens with zero attached hydrogens (tertiary/aromatic N) is 2. The molecule has 2 N–H and O–H groups in total. The number of carbonyl (C=O) groups excluding carboxylic acids is 2. The van der Waals surface area contributed by atoms with Crippen molar-refractivity contribution in [2.75, 3.05) is 26.7 Å². The molecule has 1 heterocycles. The van der Waals surface area contributed by atoms with E-state index in [4.69, 9.17) is 18.0 Å². The van der Waals surface area contributed by atoms with Crippen molar-refractivity contribution in [2.24, 2.45) is 17.1 Å². The second-order valence-electron chi connectivity index (χ2n) is 6.89.